The Kier molecular flexibility index (Phi) is 9.30. The molecule has 45 heavy (non-hydrogen) atoms. The summed E-state index contributed by atoms with van der Waals surface area (Å²) in [6.07, 6.45) is -0.763. The molecule has 0 spiro atoms. The number of piperidine rings is 1. The van der Waals surface area contributed by atoms with Gasteiger partial charge in [0.1, 0.15) is 5.82 Å². The topological polar surface area (TPSA) is 87.4 Å². The second-order valence-corrected chi connectivity index (χ2v) is 12.8. The lowest BCUT2D eigenvalue weighted by Gasteiger charge is -2.41. The third-order valence-electron chi connectivity index (χ3n) is 8.02. The minimum absolute atomic E-state index is 0.0747. The van der Waals surface area contributed by atoms with E-state index in [9.17, 15) is 18.0 Å². The van der Waals surface area contributed by atoms with E-state index in [-0.39, 0.29) is 26.4 Å². The third kappa shape index (κ3) is 7.50. The molecule has 1 saturated heterocycles. The molecule has 5 heterocycles. The van der Waals surface area contributed by atoms with Crippen molar-refractivity contribution < 1.29 is 36.9 Å². The van der Waals surface area contributed by atoms with E-state index in [2.05, 4.69) is 4.90 Å². The van der Waals surface area contributed by atoms with E-state index in [0.29, 0.717) is 65.5 Å². The number of rotatable bonds is 4. The summed E-state index contributed by atoms with van der Waals surface area (Å²) in [5.41, 5.74) is 1.55. The fourth-order valence-electron chi connectivity index (χ4n) is 5.72. The van der Waals surface area contributed by atoms with Gasteiger partial charge in [-0.15, -0.1) is 0 Å². The standard InChI is InChI=1S/C33H41F3N4O5/c1-7-43-30(41)28(45-31(3,4)5)27-21(2)37-26-18-25-20-42-19-23-10-11-24(33(34,35)36)17-22(23)9-8-16-44-32(6)12-14-39(15-13-32)29(27)40(26)38-25/h8-11,17-18,28H,7,12-16,19-20H2,1-6H3/b9-8-/t28-/m0/s1. The molecule has 4 bridgehead atoms. The predicted molar refractivity (Wildman–Crippen MR) is 163 cm³/mol. The zero-order valence-corrected chi connectivity index (χ0v) is 26.7. The Bertz CT molecular complexity index is 1570. The van der Waals surface area contributed by atoms with Crippen LogP contribution >= 0.6 is 0 Å². The highest BCUT2D eigenvalue weighted by molar-refractivity contribution is 5.80. The number of halogens is 3. The highest BCUT2D eigenvalue weighted by Gasteiger charge is 2.38. The van der Waals surface area contributed by atoms with Gasteiger partial charge in [-0.3, -0.25) is 0 Å². The number of anilines is 1. The summed E-state index contributed by atoms with van der Waals surface area (Å²) < 4.78 is 66.3. The van der Waals surface area contributed by atoms with Crippen molar-refractivity contribution in [1.82, 2.24) is 14.6 Å². The molecule has 1 fully saturated rings. The number of aromatic nitrogens is 3. The number of carbonyl (C=O) groups excluding carboxylic acids is 1. The van der Waals surface area contributed by atoms with Crippen molar-refractivity contribution in [2.24, 2.45) is 0 Å². The zero-order valence-electron chi connectivity index (χ0n) is 26.7. The number of aryl methyl sites for hydroxylation is 1. The molecule has 2 aromatic heterocycles. The number of carbonyl (C=O) groups is 1. The fourth-order valence-corrected chi connectivity index (χ4v) is 5.72. The second-order valence-electron chi connectivity index (χ2n) is 12.8. The van der Waals surface area contributed by atoms with Gasteiger partial charge in [0, 0.05) is 24.8 Å². The minimum Gasteiger partial charge on any atom is -0.464 e. The van der Waals surface area contributed by atoms with Gasteiger partial charge in [0.15, 0.2) is 11.8 Å². The van der Waals surface area contributed by atoms with E-state index in [1.807, 2.05) is 40.7 Å². The van der Waals surface area contributed by atoms with Gasteiger partial charge in [0.2, 0.25) is 0 Å². The molecule has 0 unspecified atom stereocenters. The van der Waals surface area contributed by atoms with E-state index in [1.54, 1.807) is 23.6 Å². The summed E-state index contributed by atoms with van der Waals surface area (Å²) in [6.45, 7) is 13.1. The summed E-state index contributed by atoms with van der Waals surface area (Å²) in [7, 11) is 0. The van der Waals surface area contributed by atoms with Crippen LogP contribution in [-0.4, -0.2) is 58.1 Å². The number of esters is 1. The average Bonchev–Trinajstić information content (AvgIpc) is 3.35. The van der Waals surface area contributed by atoms with Crippen LogP contribution in [0.3, 0.4) is 0 Å². The number of nitrogens with zero attached hydrogens (tertiary/aromatic N) is 4. The van der Waals surface area contributed by atoms with Crippen molar-refractivity contribution in [3.05, 3.63) is 64.0 Å². The highest BCUT2D eigenvalue weighted by Crippen LogP contribution is 2.38. The molecule has 0 saturated carbocycles. The maximum Gasteiger partial charge on any atom is 0.416 e. The highest BCUT2D eigenvalue weighted by atomic mass is 19.4. The lowest BCUT2D eigenvalue weighted by molar-refractivity contribution is -0.167. The Labute approximate surface area is 261 Å². The quantitative estimate of drug-likeness (QED) is 0.298. The van der Waals surface area contributed by atoms with Crippen LogP contribution in [0.5, 0.6) is 0 Å². The molecule has 3 aliphatic rings. The Morgan fingerprint density at radius 2 is 1.87 bits per heavy atom. The van der Waals surface area contributed by atoms with Crippen molar-refractivity contribution in [3.8, 4) is 0 Å². The Hall–Kier alpha value is -3.48. The SMILES string of the molecule is CCOC(=O)[C@@H](OC(C)(C)C)c1c(C)nc2cc3nn2c1N1CCC(C)(CC1)OC/C=C\c1cc(C(F)(F)F)ccc1COC3. The van der Waals surface area contributed by atoms with Gasteiger partial charge >= 0.3 is 12.1 Å². The number of benzene rings is 1. The van der Waals surface area contributed by atoms with Crippen molar-refractivity contribution in [1.29, 1.82) is 0 Å². The van der Waals surface area contributed by atoms with Crippen LogP contribution in [0.2, 0.25) is 0 Å². The molecule has 244 valence electrons. The maximum absolute atomic E-state index is 13.5. The van der Waals surface area contributed by atoms with Gasteiger partial charge < -0.3 is 23.8 Å². The number of hydrogen-bond donors (Lipinski definition) is 0. The van der Waals surface area contributed by atoms with Crippen LogP contribution in [0.25, 0.3) is 11.7 Å². The Morgan fingerprint density at radius 3 is 2.53 bits per heavy atom. The summed E-state index contributed by atoms with van der Waals surface area (Å²) in [6, 6.07) is 5.46. The van der Waals surface area contributed by atoms with Crippen LogP contribution in [0.4, 0.5) is 19.0 Å². The van der Waals surface area contributed by atoms with Gasteiger partial charge in [0.25, 0.3) is 0 Å². The normalized spacial score (nSPS) is 18.9. The molecule has 0 radical (unpaired) electrons. The summed E-state index contributed by atoms with van der Waals surface area (Å²) in [5, 5.41) is 4.85. The third-order valence-corrected chi connectivity index (χ3v) is 8.02. The van der Waals surface area contributed by atoms with Crippen LogP contribution in [0.1, 0.15) is 87.2 Å². The van der Waals surface area contributed by atoms with Crippen molar-refractivity contribution >= 4 is 23.5 Å². The predicted octanol–water partition coefficient (Wildman–Crippen LogP) is 6.59. The lowest BCUT2D eigenvalue weighted by Crippen LogP contribution is -2.45. The van der Waals surface area contributed by atoms with E-state index >= 15 is 0 Å². The first-order valence-corrected chi connectivity index (χ1v) is 15.2. The number of hydrogen-bond acceptors (Lipinski definition) is 8. The molecule has 12 heteroatoms. The number of alkyl halides is 3. The monoisotopic (exact) mass is 630 g/mol. The minimum atomic E-state index is -4.46. The molecule has 6 rings (SSSR count). The molecular weight excluding hydrogens is 589 g/mol. The van der Waals surface area contributed by atoms with Crippen LogP contribution in [0.15, 0.2) is 30.3 Å². The summed E-state index contributed by atoms with van der Waals surface area (Å²) in [4.78, 5) is 20.4. The van der Waals surface area contributed by atoms with E-state index in [1.165, 1.54) is 6.07 Å². The average molecular weight is 631 g/mol. The van der Waals surface area contributed by atoms with E-state index in [0.717, 1.165) is 12.1 Å². The molecule has 3 aliphatic heterocycles. The molecule has 0 aliphatic carbocycles. The van der Waals surface area contributed by atoms with Crippen molar-refractivity contribution in [2.45, 2.75) is 91.1 Å². The van der Waals surface area contributed by atoms with Crippen molar-refractivity contribution in [3.63, 3.8) is 0 Å². The smallest absolute Gasteiger partial charge is 0.416 e. The van der Waals surface area contributed by atoms with E-state index in [4.69, 9.17) is 29.0 Å². The molecule has 0 amide bonds. The Morgan fingerprint density at radius 1 is 1.13 bits per heavy atom. The van der Waals surface area contributed by atoms with Gasteiger partial charge in [-0.25, -0.2) is 9.78 Å². The lowest BCUT2D eigenvalue weighted by atomic mass is 9.92. The van der Waals surface area contributed by atoms with Crippen LogP contribution in [-0.2, 0) is 43.1 Å². The zero-order chi connectivity index (χ0) is 32.6. The van der Waals surface area contributed by atoms with Gasteiger partial charge in [-0.05, 0) is 77.6 Å². The van der Waals surface area contributed by atoms with Gasteiger partial charge in [-0.2, -0.15) is 22.8 Å². The first-order chi connectivity index (χ1) is 21.2. The van der Waals surface area contributed by atoms with Gasteiger partial charge in [-0.1, -0.05) is 18.2 Å². The molecule has 3 aromatic rings. The van der Waals surface area contributed by atoms with Gasteiger partial charge in [0.05, 0.1) is 54.5 Å². The molecular formula is C33H41F3N4O5. The number of ether oxygens (including phenoxy) is 4. The number of fused-ring (bicyclic) bond motifs is 6. The molecule has 0 N–H and O–H groups in total. The summed E-state index contributed by atoms with van der Waals surface area (Å²) in [5.74, 6) is 0.193. The molecule has 1 atom stereocenters. The van der Waals surface area contributed by atoms with Crippen LogP contribution < -0.4 is 4.90 Å². The van der Waals surface area contributed by atoms with Crippen molar-refractivity contribution in [2.75, 3.05) is 31.2 Å². The fraction of sp³-hybridized carbons (Fsp3) is 0.545. The van der Waals surface area contributed by atoms with E-state index < -0.39 is 35.0 Å². The summed E-state index contributed by atoms with van der Waals surface area (Å²) >= 11 is 0. The first-order valence-electron chi connectivity index (χ1n) is 15.2. The maximum atomic E-state index is 13.5. The molecule has 1 aromatic carbocycles. The van der Waals surface area contributed by atoms with Crippen LogP contribution in [0, 0.1) is 6.92 Å². The molecule has 9 nitrogen and oxygen atoms in total. The second kappa shape index (κ2) is 12.7. The first kappa shape index (κ1) is 32.9. The largest absolute Gasteiger partial charge is 0.464 e. The Balaban J connectivity index is 1.60.